The predicted molar refractivity (Wildman–Crippen MR) is 83.9 cm³/mol. The minimum Gasteiger partial charge on any atom is -0.278 e. The monoisotopic (exact) mass is 297 g/mol. The van der Waals surface area contributed by atoms with E-state index in [0.717, 1.165) is 18.3 Å². The Hall–Kier alpha value is -2.36. The molecular formula is C17H18FN3. The fourth-order valence-electron chi connectivity index (χ4n) is 1.88. The summed E-state index contributed by atoms with van der Waals surface area (Å²) in [4.78, 5) is 3.52. The van der Waals surface area contributed by atoms with Gasteiger partial charge in [0.1, 0.15) is 0 Å². The molecule has 0 saturated carbocycles. The first-order valence-electron chi connectivity index (χ1n) is 12.8. The first-order chi connectivity index (χ1) is 15.8. The molecule has 21 heavy (non-hydrogen) atoms. The van der Waals surface area contributed by atoms with Gasteiger partial charge in [0.05, 0.1) is 25.6 Å². The fraction of sp³-hybridized carbons (Fsp3) is 0.235. The normalized spacial score (nSPS) is 23.3. The van der Waals surface area contributed by atoms with E-state index < -0.39 is 78.8 Å². The zero-order valence-electron chi connectivity index (χ0n) is 24.5. The second kappa shape index (κ2) is 5.56. The zero-order chi connectivity index (χ0) is 26.9. The van der Waals surface area contributed by atoms with Gasteiger partial charge >= 0.3 is 0 Å². The summed E-state index contributed by atoms with van der Waals surface area (Å²) in [7, 11) is 0. The lowest BCUT2D eigenvalue weighted by molar-refractivity contribution is 0.596. The van der Waals surface area contributed by atoms with Gasteiger partial charge in [-0.25, -0.2) is 4.39 Å². The van der Waals surface area contributed by atoms with Crippen LogP contribution >= 0.6 is 0 Å². The van der Waals surface area contributed by atoms with Crippen LogP contribution in [0.3, 0.4) is 0 Å². The number of fused-ring (bicyclic) bond motifs is 1. The van der Waals surface area contributed by atoms with Crippen molar-refractivity contribution in [1.82, 2.24) is 9.66 Å². The number of aromatic nitrogens is 2. The molecule has 0 saturated heterocycles. The number of rotatable bonds is 4. The highest BCUT2D eigenvalue weighted by molar-refractivity contribution is 5.84. The van der Waals surface area contributed by atoms with Crippen LogP contribution in [0.15, 0.2) is 48.8 Å². The molecule has 0 atom stereocenters. The number of pyridine rings is 1. The SMILES string of the molecule is [2H]c1cc2c(C([2H])([2H])[2H])c([2H])n(N(c3ccncc3F)C([2H])([2H])C([2H])([2H])C([2H])([2H])[2H])c2c([2H])c1[2H]. The van der Waals surface area contributed by atoms with Gasteiger partial charge in [0.15, 0.2) is 5.82 Å². The molecule has 0 aliphatic heterocycles. The van der Waals surface area contributed by atoms with Crippen molar-refractivity contribution in [3.8, 4) is 0 Å². The van der Waals surface area contributed by atoms with E-state index in [0.29, 0.717) is 10.9 Å². The van der Waals surface area contributed by atoms with Crippen molar-refractivity contribution in [1.29, 1.82) is 0 Å². The Morgan fingerprint density at radius 2 is 2.43 bits per heavy atom. The third kappa shape index (κ3) is 2.37. The van der Waals surface area contributed by atoms with E-state index in [9.17, 15) is 4.39 Å². The van der Waals surface area contributed by atoms with Crippen molar-refractivity contribution in [2.75, 3.05) is 11.5 Å². The topological polar surface area (TPSA) is 21.1 Å². The van der Waals surface area contributed by atoms with Crippen LogP contribution < -0.4 is 5.01 Å². The maximum absolute atomic E-state index is 14.9. The third-order valence-corrected chi connectivity index (χ3v) is 2.76. The summed E-state index contributed by atoms with van der Waals surface area (Å²) in [5, 5.41) is -0.317. The average molecular weight is 297 g/mol. The molecule has 0 unspecified atom stereocenters. The summed E-state index contributed by atoms with van der Waals surface area (Å²) >= 11 is 0. The highest BCUT2D eigenvalue weighted by Crippen LogP contribution is 2.26. The first kappa shape index (κ1) is 4.83. The maximum atomic E-state index is 14.9. The van der Waals surface area contributed by atoms with Gasteiger partial charge in [0, 0.05) is 35.2 Å². The number of hydrogen-bond acceptors (Lipinski definition) is 2. The number of para-hydroxylation sites is 1. The highest BCUT2D eigenvalue weighted by atomic mass is 19.1. The first-order valence-corrected chi connectivity index (χ1v) is 5.79. The van der Waals surface area contributed by atoms with Crippen molar-refractivity contribution in [2.45, 2.75) is 20.1 Å². The molecular weight excluding hydrogens is 265 g/mol. The molecule has 0 radical (unpaired) electrons. The summed E-state index contributed by atoms with van der Waals surface area (Å²) in [5.74, 6) is -1.27. The largest absolute Gasteiger partial charge is 0.278 e. The van der Waals surface area contributed by atoms with Crippen molar-refractivity contribution in [2.24, 2.45) is 0 Å². The van der Waals surface area contributed by atoms with Crippen molar-refractivity contribution < 1.29 is 23.6 Å². The Labute approximate surface area is 143 Å². The molecule has 4 heteroatoms. The Morgan fingerprint density at radius 1 is 1.48 bits per heavy atom. The molecule has 0 amide bonds. The van der Waals surface area contributed by atoms with Crippen LogP contribution in [0, 0.1) is 12.7 Å². The summed E-state index contributed by atoms with van der Waals surface area (Å²) < 4.78 is 127. The number of aryl methyl sites for hydroxylation is 1. The number of nitrogens with zero attached hydrogens (tertiary/aromatic N) is 3. The van der Waals surface area contributed by atoms with Crippen LogP contribution in [0.4, 0.5) is 10.1 Å². The quantitative estimate of drug-likeness (QED) is 0.721. The average Bonchev–Trinajstić information content (AvgIpc) is 2.98. The number of anilines is 1. The van der Waals surface area contributed by atoms with Gasteiger partial charge in [-0.2, -0.15) is 0 Å². The van der Waals surface area contributed by atoms with Crippen LogP contribution in [-0.4, -0.2) is 16.2 Å². The molecule has 0 spiro atoms. The van der Waals surface area contributed by atoms with E-state index in [1.165, 1.54) is 0 Å². The standard InChI is InChI=1S/C17H18FN3/c1-3-10-20(17-8-9-19-11-15(17)18)21-12-13(2)14-6-4-5-7-16(14)21/h4-9,11-12H,3,10H2,1-2H3/i1D3,2D3,3D2,4D,5D,7D,10D2,12D. The lowest BCUT2D eigenvalue weighted by atomic mass is 10.2. The van der Waals surface area contributed by atoms with Crippen LogP contribution in [0.2, 0.25) is 0 Å². The Balaban J connectivity index is 2.62. The molecule has 2 heterocycles. The Bertz CT molecular complexity index is 1290. The van der Waals surface area contributed by atoms with Crippen molar-refractivity contribution in [3.63, 3.8) is 0 Å². The molecule has 3 nitrogen and oxygen atoms in total. The molecule has 0 fully saturated rings. The van der Waals surface area contributed by atoms with Crippen LogP contribution in [0.25, 0.3) is 10.9 Å². The van der Waals surface area contributed by atoms with Gasteiger partial charge < -0.3 is 0 Å². The molecule has 2 aromatic heterocycles. The van der Waals surface area contributed by atoms with Crippen LogP contribution in [-0.2, 0) is 0 Å². The molecule has 108 valence electrons. The van der Waals surface area contributed by atoms with E-state index in [2.05, 4.69) is 4.98 Å². The van der Waals surface area contributed by atoms with Gasteiger partial charge in [0.2, 0.25) is 0 Å². The molecule has 3 rings (SSSR count). The number of hydrogen-bond donors (Lipinski definition) is 0. The lowest BCUT2D eigenvalue weighted by Crippen LogP contribution is -2.30. The van der Waals surface area contributed by atoms with E-state index in [1.54, 1.807) is 0 Å². The molecule has 0 aliphatic carbocycles. The maximum Gasteiger partial charge on any atom is 0.166 e. The van der Waals surface area contributed by atoms with Gasteiger partial charge in [-0.05, 0) is 30.9 Å². The van der Waals surface area contributed by atoms with Crippen LogP contribution in [0.5, 0.6) is 0 Å². The molecule has 0 bridgehead atoms. The summed E-state index contributed by atoms with van der Waals surface area (Å²) in [6.07, 6.45) is -3.19. The smallest absolute Gasteiger partial charge is 0.166 e. The summed E-state index contributed by atoms with van der Waals surface area (Å²) in [5.41, 5.74) is -2.22. The minimum absolute atomic E-state index is 0.109. The minimum atomic E-state index is -3.74. The van der Waals surface area contributed by atoms with Crippen LogP contribution in [0.1, 0.15) is 38.0 Å². The second-order valence-corrected chi connectivity index (χ2v) is 3.98. The molecule has 0 aliphatic rings. The number of benzene rings is 1. The molecule has 0 N–H and O–H groups in total. The van der Waals surface area contributed by atoms with Crippen molar-refractivity contribution >= 4 is 16.6 Å². The molecule has 3 aromatic rings. The fourth-order valence-corrected chi connectivity index (χ4v) is 1.88. The third-order valence-electron chi connectivity index (χ3n) is 2.76. The van der Waals surface area contributed by atoms with Gasteiger partial charge in [0.25, 0.3) is 0 Å². The van der Waals surface area contributed by atoms with E-state index in [1.807, 2.05) is 0 Å². The van der Waals surface area contributed by atoms with E-state index in [4.69, 9.17) is 19.2 Å². The second-order valence-electron chi connectivity index (χ2n) is 3.98. The predicted octanol–water partition coefficient (Wildman–Crippen LogP) is 4.16. The summed E-state index contributed by atoms with van der Waals surface area (Å²) in [6, 6.07) is -0.412. The highest BCUT2D eigenvalue weighted by Gasteiger charge is 2.15. The number of halogens is 1. The van der Waals surface area contributed by atoms with Gasteiger partial charge in [-0.1, -0.05) is 25.0 Å². The van der Waals surface area contributed by atoms with E-state index >= 15 is 0 Å². The lowest BCUT2D eigenvalue weighted by Gasteiger charge is -2.26. The van der Waals surface area contributed by atoms with Gasteiger partial charge in [-0.3, -0.25) is 14.7 Å². The van der Waals surface area contributed by atoms with Crippen molar-refractivity contribution in [3.05, 3.63) is 60.2 Å². The summed E-state index contributed by atoms with van der Waals surface area (Å²) in [6.45, 7) is -10.4. The van der Waals surface area contributed by atoms with E-state index in [-0.39, 0.29) is 5.01 Å². The molecule has 1 aromatic carbocycles. The van der Waals surface area contributed by atoms with Gasteiger partial charge in [-0.15, -0.1) is 0 Å². The Morgan fingerprint density at radius 3 is 3.24 bits per heavy atom. The Kier molecular flexibility index (Phi) is 1.28. The zero-order valence-corrected chi connectivity index (χ0v) is 10.5.